The minimum Gasteiger partial charge on any atom is -0.462 e. The maximum Gasteiger partial charge on any atom is 0.199 e. The Bertz CT molecular complexity index is 1110. The fourth-order valence-corrected chi connectivity index (χ4v) is 2.67. The minimum atomic E-state index is -0.141. The molecule has 2 aromatic carbocycles. The van der Waals surface area contributed by atoms with Gasteiger partial charge in [-0.15, -0.1) is 0 Å². The standard InChI is InChI=1S/C18H10ClNO3/c19-14-6-3-5-13-17(21)11(10-22-18(13)14)8-9-15-12-4-1-2-7-16(12)23-20-15/h1-10H/b9-8+. The molecular formula is C18H10ClNO3. The van der Waals surface area contributed by atoms with Crippen molar-refractivity contribution in [3.8, 4) is 0 Å². The molecule has 0 aliphatic rings. The van der Waals surface area contributed by atoms with Gasteiger partial charge in [-0.1, -0.05) is 35.0 Å². The molecule has 4 rings (SSSR count). The summed E-state index contributed by atoms with van der Waals surface area (Å²) in [6, 6.07) is 12.6. The molecule has 0 aliphatic heterocycles. The van der Waals surface area contributed by atoms with Crippen molar-refractivity contribution >= 4 is 45.7 Å². The Morgan fingerprint density at radius 2 is 1.83 bits per heavy atom. The van der Waals surface area contributed by atoms with Crippen molar-refractivity contribution in [1.82, 2.24) is 5.16 Å². The molecule has 23 heavy (non-hydrogen) atoms. The lowest BCUT2D eigenvalue weighted by Crippen LogP contribution is -2.04. The van der Waals surface area contributed by atoms with Crippen LogP contribution in [0.15, 0.2) is 62.5 Å². The highest BCUT2D eigenvalue weighted by molar-refractivity contribution is 6.34. The number of fused-ring (bicyclic) bond motifs is 2. The highest BCUT2D eigenvalue weighted by Gasteiger charge is 2.08. The van der Waals surface area contributed by atoms with E-state index < -0.39 is 0 Å². The summed E-state index contributed by atoms with van der Waals surface area (Å²) in [5.41, 5.74) is 2.03. The third-order valence-corrected chi connectivity index (χ3v) is 3.90. The second-order valence-electron chi connectivity index (χ2n) is 5.03. The predicted octanol–water partition coefficient (Wildman–Crippen LogP) is 4.76. The van der Waals surface area contributed by atoms with E-state index in [-0.39, 0.29) is 5.43 Å². The molecule has 0 fully saturated rings. The molecule has 0 atom stereocenters. The molecule has 0 N–H and O–H groups in total. The summed E-state index contributed by atoms with van der Waals surface area (Å²) in [6.45, 7) is 0. The van der Waals surface area contributed by atoms with Crippen LogP contribution in [0.4, 0.5) is 0 Å². The molecule has 0 saturated heterocycles. The topological polar surface area (TPSA) is 56.2 Å². The van der Waals surface area contributed by atoms with Crippen LogP contribution in [0.5, 0.6) is 0 Å². The SMILES string of the molecule is O=c1c(/C=C/c2noc3ccccc23)coc2c(Cl)cccc12. The second-order valence-corrected chi connectivity index (χ2v) is 5.44. The minimum absolute atomic E-state index is 0.141. The van der Waals surface area contributed by atoms with E-state index in [9.17, 15) is 4.79 Å². The van der Waals surface area contributed by atoms with Gasteiger partial charge in [-0.05, 0) is 36.4 Å². The van der Waals surface area contributed by atoms with Gasteiger partial charge < -0.3 is 8.94 Å². The van der Waals surface area contributed by atoms with E-state index >= 15 is 0 Å². The van der Waals surface area contributed by atoms with Crippen molar-refractivity contribution in [2.45, 2.75) is 0 Å². The van der Waals surface area contributed by atoms with Crippen LogP contribution >= 0.6 is 11.6 Å². The first-order valence-corrected chi connectivity index (χ1v) is 7.34. The summed E-state index contributed by atoms with van der Waals surface area (Å²) >= 11 is 6.03. The number of para-hydroxylation sites is 2. The van der Waals surface area contributed by atoms with Gasteiger partial charge in [-0.25, -0.2) is 0 Å². The van der Waals surface area contributed by atoms with Gasteiger partial charge in [0.2, 0.25) is 0 Å². The Hall–Kier alpha value is -2.85. The van der Waals surface area contributed by atoms with Crippen LogP contribution < -0.4 is 5.43 Å². The third kappa shape index (κ3) is 2.33. The summed E-state index contributed by atoms with van der Waals surface area (Å²) in [5, 5.41) is 5.75. The molecule has 5 heteroatoms. The van der Waals surface area contributed by atoms with E-state index in [2.05, 4.69) is 5.16 Å². The summed E-state index contributed by atoms with van der Waals surface area (Å²) in [4.78, 5) is 12.5. The van der Waals surface area contributed by atoms with Crippen LogP contribution in [0.25, 0.3) is 34.1 Å². The average Bonchev–Trinajstić information content (AvgIpc) is 2.98. The molecule has 0 amide bonds. The van der Waals surface area contributed by atoms with Gasteiger partial charge in [0, 0.05) is 5.39 Å². The van der Waals surface area contributed by atoms with E-state index in [1.165, 1.54) is 6.26 Å². The van der Waals surface area contributed by atoms with Crippen LogP contribution in [0.1, 0.15) is 11.3 Å². The van der Waals surface area contributed by atoms with Crippen molar-refractivity contribution < 1.29 is 8.94 Å². The zero-order chi connectivity index (χ0) is 15.8. The van der Waals surface area contributed by atoms with Crippen molar-refractivity contribution in [2.24, 2.45) is 0 Å². The summed E-state index contributed by atoms with van der Waals surface area (Å²) in [5.74, 6) is 0. The molecule has 0 unspecified atom stereocenters. The van der Waals surface area contributed by atoms with Gasteiger partial charge in [0.15, 0.2) is 16.6 Å². The molecule has 0 spiro atoms. The molecule has 0 saturated carbocycles. The molecule has 2 heterocycles. The van der Waals surface area contributed by atoms with Gasteiger partial charge in [-0.3, -0.25) is 4.79 Å². The van der Waals surface area contributed by atoms with Gasteiger partial charge in [0.25, 0.3) is 0 Å². The smallest absolute Gasteiger partial charge is 0.199 e. The lowest BCUT2D eigenvalue weighted by atomic mass is 10.1. The van der Waals surface area contributed by atoms with Crippen LogP contribution in [0.3, 0.4) is 0 Å². The third-order valence-electron chi connectivity index (χ3n) is 3.60. The van der Waals surface area contributed by atoms with Gasteiger partial charge in [-0.2, -0.15) is 0 Å². The van der Waals surface area contributed by atoms with E-state index in [1.807, 2.05) is 24.3 Å². The maximum absolute atomic E-state index is 12.5. The number of aromatic nitrogens is 1. The second kappa shape index (κ2) is 5.41. The average molecular weight is 324 g/mol. The fraction of sp³-hybridized carbons (Fsp3) is 0. The fourth-order valence-electron chi connectivity index (χ4n) is 2.45. The van der Waals surface area contributed by atoms with Crippen molar-refractivity contribution in [1.29, 1.82) is 0 Å². The largest absolute Gasteiger partial charge is 0.462 e. The van der Waals surface area contributed by atoms with E-state index in [4.69, 9.17) is 20.5 Å². The molecule has 0 bridgehead atoms. The molecule has 2 aromatic heterocycles. The van der Waals surface area contributed by atoms with Gasteiger partial charge in [0.05, 0.1) is 16.0 Å². The van der Waals surface area contributed by atoms with Crippen LogP contribution in [0, 0.1) is 0 Å². The Balaban J connectivity index is 1.81. The van der Waals surface area contributed by atoms with Gasteiger partial charge >= 0.3 is 0 Å². The lowest BCUT2D eigenvalue weighted by molar-refractivity contribution is 0.454. The highest BCUT2D eigenvalue weighted by atomic mass is 35.5. The quantitative estimate of drug-likeness (QED) is 0.533. The first kappa shape index (κ1) is 13.8. The first-order valence-electron chi connectivity index (χ1n) is 6.96. The van der Waals surface area contributed by atoms with Crippen molar-refractivity contribution in [3.05, 3.63) is 75.2 Å². The predicted molar refractivity (Wildman–Crippen MR) is 90.4 cm³/mol. The zero-order valence-corrected chi connectivity index (χ0v) is 12.6. The maximum atomic E-state index is 12.5. The summed E-state index contributed by atoms with van der Waals surface area (Å²) < 4.78 is 10.7. The van der Waals surface area contributed by atoms with Crippen LogP contribution in [0.2, 0.25) is 5.02 Å². The van der Waals surface area contributed by atoms with E-state index in [1.54, 1.807) is 30.4 Å². The highest BCUT2D eigenvalue weighted by Crippen LogP contribution is 2.22. The molecule has 4 nitrogen and oxygen atoms in total. The Morgan fingerprint density at radius 1 is 1.00 bits per heavy atom. The number of benzene rings is 2. The molecule has 0 radical (unpaired) electrons. The van der Waals surface area contributed by atoms with E-state index in [0.717, 1.165) is 5.39 Å². The van der Waals surface area contributed by atoms with Crippen molar-refractivity contribution in [2.75, 3.05) is 0 Å². The lowest BCUT2D eigenvalue weighted by Gasteiger charge is -1.99. The molecule has 4 aromatic rings. The zero-order valence-electron chi connectivity index (χ0n) is 11.8. The number of nitrogens with zero attached hydrogens (tertiary/aromatic N) is 1. The molecular weight excluding hydrogens is 314 g/mol. The first-order chi connectivity index (χ1) is 11.2. The van der Waals surface area contributed by atoms with Crippen LogP contribution in [-0.2, 0) is 0 Å². The summed E-state index contributed by atoms with van der Waals surface area (Å²) in [7, 11) is 0. The number of rotatable bonds is 2. The number of hydrogen-bond acceptors (Lipinski definition) is 4. The van der Waals surface area contributed by atoms with Crippen molar-refractivity contribution in [3.63, 3.8) is 0 Å². The van der Waals surface area contributed by atoms with Crippen LogP contribution in [-0.4, -0.2) is 5.16 Å². The Kier molecular flexibility index (Phi) is 3.24. The Labute approximate surface area is 135 Å². The van der Waals surface area contributed by atoms with E-state index in [0.29, 0.717) is 32.8 Å². The van der Waals surface area contributed by atoms with Gasteiger partial charge in [0.1, 0.15) is 12.0 Å². The number of hydrogen-bond donors (Lipinski definition) is 0. The molecule has 112 valence electrons. The monoisotopic (exact) mass is 323 g/mol. The number of halogens is 1. The normalized spacial score (nSPS) is 11.7. The summed E-state index contributed by atoms with van der Waals surface area (Å²) in [6.07, 6.45) is 4.79. The molecule has 0 aliphatic carbocycles. The Morgan fingerprint density at radius 3 is 2.74 bits per heavy atom.